The number of aromatic nitrogens is 4. The van der Waals surface area contributed by atoms with Gasteiger partial charge < -0.3 is 9.13 Å². The molecule has 0 radical (unpaired) electrons. The van der Waals surface area contributed by atoms with Gasteiger partial charge in [-0.3, -0.25) is 0 Å². The van der Waals surface area contributed by atoms with E-state index in [-0.39, 0.29) is 31.7 Å². The summed E-state index contributed by atoms with van der Waals surface area (Å²) in [6.07, 6.45) is 3.32. The van der Waals surface area contributed by atoms with Gasteiger partial charge >= 0.3 is 0 Å². The lowest BCUT2D eigenvalue weighted by Gasteiger charge is -2.19. The second kappa shape index (κ2) is 12.9. The van der Waals surface area contributed by atoms with Gasteiger partial charge in [0.1, 0.15) is 0 Å². The van der Waals surface area contributed by atoms with Crippen LogP contribution >= 0.6 is 0 Å². The van der Waals surface area contributed by atoms with Crippen molar-refractivity contribution in [1.82, 2.24) is 19.1 Å². The van der Waals surface area contributed by atoms with Gasteiger partial charge in [-0.2, -0.15) is 0 Å². The molecule has 0 atom stereocenters. The van der Waals surface area contributed by atoms with Crippen LogP contribution in [0.4, 0.5) is 0 Å². The summed E-state index contributed by atoms with van der Waals surface area (Å²) >= 11 is 0. The zero-order chi connectivity index (χ0) is 41.0. The Morgan fingerprint density at radius 1 is 0.386 bits per heavy atom. The van der Waals surface area contributed by atoms with Gasteiger partial charge in [0.25, 0.3) is 0 Å². The molecular weight excluding hydrogens is 721 g/mol. The predicted molar refractivity (Wildman–Crippen MR) is 237 cm³/mol. The Balaban J connectivity index is 1.18. The van der Waals surface area contributed by atoms with Crippen LogP contribution in [-0.4, -0.2) is 27.5 Å². The topological polar surface area (TPSA) is 69.8 Å². The van der Waals surface area contributed by atoms with E-state index in [1.54, 1.807) is 24.5 Å². The molecule has 0 unspecified atom stereocenters. The van der Waals surface area contributed by atoms with E-state index in [1.165, 1.54) is 22.3 Å². The molecule has 0 aliphatic rings. The highest BCUT2D eigenvalue weighted by atomic mass is 32.2. The van der Waals surface area contributed by atoms with E-state index in [9.17, 15) is 8.42 Å². The van der Waals surface area contributed by atoms with Crippen LogP contribution in [-0.2, 0) is 31.5 Å². The van der Waals surface area contributed by atoms with Crippen LogP contribution in [0.2, 0.25) is 0 Å². The monoisotopic (exact) mass is 774 g/mol. The summed E-state index contributed by atoms with van der Waals surface area (Å²) in [4.78, 5) is 9.13. The van der Waals surface area contributed by atoms with E-state index in [0.29, 0.717) is 0 Å². The Kier molecular flexibility index (Phi) is 8.72. The molecule has 6 nitrogen and oxygen atoms in total. The first kappa shape index (κ1) is 38.6. The van der Waals surface area contributed by atoms with Crippen LogP contribution in [0.3, 0.4) is 0 Å². The molecule has 4 heterocycles. The van der Waals surface area contributed by atoms with Gasteiger partial charge in [-0.15, -0.1) is 0 Å². The van der Waals surface area contributed by atoms with Crippen LogP contribution in [0.5, 0.6) is 0 Å². The van der Waals surface area contributed by atoms with Gasteiger partial charge in [0.15, 0.2) is 10.1 Å². The van der Waals surface area contributed by atoms with Crippen LogP contribution in [0.15, 0.2) is 120 Å². The summed E-state index contributed by atoms with van der Waals surface area (Å²) in [6.45, 7) is 26.8. The van der Waals surface area contributed by atoms with E-state index in [0.717, 1.165) is 55.0 Å². The third-order valence-electron chi connectivity index (χ3n) is 11.5. The third kappa shape index (κ3) is 6.64. The summed E-state index contributed by atoms with van der Waals surface area (Å²) in [5.41, 5.74) is 10.8. The molecule has 0 aliphatic carbocycles. The van der Waals surface area contributed by atoms with Gasteiger partial charge in [0, 0.05) is 21.5 Å². The van der Waals surface area contributed by atoms with Crippen LogP contribution in [0.1, 0.15) is 105 Å². The molecule has 0 spiro atoms. The van der Waals surface area contributed by atoms with E-state index >= 15 is 0 Å². The Morgan fingerprint density at radius 2 is 0.649 bits per heavy atom. The van der Waals surface area contributed by atoms with Gasteiger partial charge in [-0.05, 0) is 117 Å². The maximum Gasteiger partial charge on any atom is 0.241 e. The predicted octanol–water partition coefficient (Wildman–Crippen LogP) is 12.7. The van der Waals surface area contributed by atoms with Gasteiger partial charge in [-0.25, -0.2) is 18.4 Å². The fourth-order valence-electron chi connectivity index (χ4n) is 7.90. The zero-order valence-electron chi connectivity index (χ0n) is 35.4. The smallest absolute Gasteiger partial charge is 0.241 e. The highest BCUT2D eigenvalue weighted by molar-refractivity contribution is 7.91. The first-order valence-corrected chi connectivity index (χ1v) is 21.4. The molecule has 4 aromatic heterocycles. The van der Waals surface area contributed by atoms with Crippen molar-refractivity contribution in [3.05, 3.63) is 132 Å². The Morgan fingerprint density at radius 3 is 0.860 bits per heavy atom. The van der Waals surface area contributed by atoms with Crippen molar-refractivity contribution in [2.45, 2.75) is 115 Å². The molecule has 8 aromatic rings. The second-order valence-electron chi connectivity index (χ2n) is 19.8. The van der Waals surface area contributed by atoms with E-state index in [1.807, 2.05) is 12.1 Å². The molecule has 0 saturated carbocycles. The number of fused-ring (bicyclic) bond motifs is 6. The summed E-state index contributed by atoms with van der Waals surface area (Å²) in [7, 11) is -4.01. The largest absolute Gasteiger partial charge is 0.308 e. The second-order valence-corrected chi connectivity index (χ2v) is 21.7. The van der Waals surface area contributed by atoms with E-state index < -0.39 is 9.84 Å². The lowest BCUT2D eigenvalue weighted by atomic mass is 9.85. The highest BCUT2D eigenvalue weighted by Crippen LogP contribution is 2.39. The Bertz CT molecular complexity index is 2630. The standard InChI is InChI=1S/C50H54N4O2S/c1-47(2,3)31-13-19-41-37(25-31)38-26-32(48(4,5)6)14-20-42(38)53(41)35-17-23-45(51-29-35)57(55,56)46-24-18-36(30-52-46)54-43-21-15-33(49(7,8)9)27-39(43)40-28-34(50(10,11)12)16-22-44(40)54/h13-30H,1-12H3. The van der Waals surface area contributed by atoms with Crippen molar-refractivity contribution in [1.29, 1.82) is 0 Å². The molecule has 8 rings (SSSR count). The summed E-state index contributed by atoms with van der Waals surface area (Å²) in [5.74, 6) is 0. The molecule has 57 heavy (non-hydrogen) atoms. The minimum atomic E-state index is -4.01. The molecule has 0 fully saturated rings. The van der Waals surface area contributed by atoms with E-state index in [2.05, 4.69) is 175 Å². The molecule has 0 N–H and O–H groups in total. The summed E-state index contributed by atoms with van der Waals surface area (Å²) < 4.78 is 32.5. The fraction of sp³-hybridized carbons (Fsp3) is 0.320. The molecule has 4 aromatic carbocycles. The van der Waals surface area contributed by atoms with Crippen LogP contribution < -0.4 is 0 Å². The highest BCUT2D eigenvalue weighted by Gasteiger charge is 2.25. The minimum absolute atomic E-state index is 0.0101. The molecule has 0 bridgehead atoms. The van der Waals surface area contributed by atoms with Crippen LogP contribution in [0.25, 0.3) is 55.0 Å². The van der Waals surface area contributed by atoms with Crippen molar-refractivity contribution in [3.8, 4) is 11.4 Å². The van der Waals surface area contributed by atoms with Crippen molar-refractivity contribution >= 4 is 53.4 Å². The maximum atomic E-state index is 14.1. The summed E-state index contributed by atoms with van der Waals surface area (Å²) in [5, 5.41) is 4.57. The number of rotatable bonds is 4. The van der Waals surface area contributed by atoms with Gasteiger partial charge in [-0.1, -0.05) is 107 Å². The van der Waals surface area contributed by atoms with Gasteiger partial charge in [0.05, 0.1) is 45.8 Å². The lowest BCUT2D eigenvalue weighted by molar-refractivity contribution is 0.588. The van der Waals surface area contributed by atoms with Crippen molar-refractivity contribution in [2.24, 2.45) is 0 Å². The third-order valence-corrected chi connectivity index (χ3v) is 13.1. The fourth-order valence-corrected chi connectivity index (χ4v) is 9.00. The lowest BCUT2D eigenvalue weighted by Crippen LogP contribution is -2.10. The van der Waals surface area contributed by atoms with Crippen molar-refractivity contribution in [2.75, 3.05) is 0 Å². The Hall–Kier alpha value is -5.27. The molecule has 0 aliphatic heterocycles. The average molecular weight is 775 g/mol. The quantitative estimate of drug-likeness (QED) is 0.179. The van der Waals surface area contributed by atoms with Crippen LogP contribution in [0, 0.1) is 0 Å². The van der Waals surface area contributed by atoms with Crippen molar-refractivity contribution in [3.63, 3.8) is 0 Å². The number of pyridine rings is 2. The van der Waals surface area contributed by atoms with E-state index in [4.69, 9.17) is 0 Å². The van der Waals surface area contributed by atoms with Crippen molar-refractivity contribution < 1.29 is 8.42 Å². The SMILES string of the molecule is CC(C)(C)c1ccc2c(c1)c1cc(C(C)(C)C)ccc1n2-c1ccc(S(=O)(=O)c2ccc(-n3c4ccc(C(C)(C)C)cc4c4cc(C(C)(C)C)ccc43)cn2)nc1. The number of sulfone groups is 1. The molecular formula is C50H54N4O2S. The normalized spacial score (nSPS) is 13.4. The number of nitrogens with zero attached hydrogens (tertiary/aromatic N) is 4. The number of benzene rings is 4. The summed E-state index contributed by atoms with van der Waals surface area (Å²) in [6, 6.07) is 33.5. The Labute approximate surface area is 337 Å². The zero-order valence-corrected chi connectivity index (χ0v) is 36.2. The molecule has 0 saturated heterocycles. The first-order chi connectivity index (χ1) is 26.5. The number of hydrogen-bond acceptors (Lipinski definition) is 4. The molecule has 292 valence electrons. The average Bonchev–Trinajstić information content (AvgIpc) is 3.65. The first-order valence-electron chi connectivity index (χ1n) is 19.9. The molecule has 7 heteroatoms. The number of hydrogen-bond donors (Lipinski definition) is 0. The molecule has 0 amide bonds. The maximum absolute atomic E-state index is 14.1. The van der Waals surface area contributed by atoms with Gasteiger partial charge in [0.2, 0.25) is 9.84 Å². The minimum Gasteiger partial charge on any atom is -0.308 e.